The van der Waals surface area contributed by atoms with Gasteiger partial charge in [0.05, 0.1) is 29.1 Å². The quantitative estimate of drug-likeness (QED) is 0.654. The van der Waals surface area contributed by atoms with Crippen LogP contribution in [0.2, 0.25) is 0 Å². The van der Waals surface area contributed by atoms with E-state index in [1.54, 1.807) is 6.20 Å². The van der Waals surface area contributed by atoms with Crippen molar-refractivity contribution in [3.8, 4) is 0 Å². The lowest BCUT2D eigenvalue weighted by molar-refractivity contribution is 0.198. The number of nitrogens with one attached hydrogen (secondary N) is 2. The number of aromatic amines is 1. The SMILES string of the molecule is Nc1cc2cn[nH]c2cc1N1CCN2C(=O)NCC2C1. The monoisotopic (exact) mass is 272 g/mol. The highest BCUT2D eigenvalue weighted by Crippen LogP contribution is 2.30. The Morgan fingerprint density at radius 2 is 2.25 bits per heavy atom. The van der Waals surface area contributed by atoms with Gasteiger partial charge in [0.2, 0.25) is 0 Å². The van der Waals surface area contributed by atoms with Crippen LogP contribution in [0.5, 0.6) is 0 Å². The molecule has 2 aromatic rings. The molecule has 7 heteroatoms. The molecule has 2 fully saturated rings. The smallest absolute Gasteiger partial charge is 0.317 e. The van der Waals surface area contributed by atoms with E-state index in [0.29, 0.717) is 6.54 Å². The summed E-state index contributed by atoms with van der Waals surface area (Å²) in [5.41, 5.74) is 8.91. The van der Waals surface area contributed by atoms with Gasteiger partial charge in [-0.2, -0.15) is 5.10 Å². The number of piperazine rings is 1. The number of H-pyrrole nitrogens is 1. The van der Waals surface area contributed by atoms with Gasteiger partial charge in [0, 0.05) is 31.6 Å². The largest absolute Gasteiger partial charge is 0.397 e. The zero-order valence-corrected chi connectivity index (χ0v) is 11.0. The van der Waals surface area contributed by atoms with E-state index in [4.69, 9.17) is 5.73 Å². The van der Waals surface area contributed by atoms with Crippen LogP contribution in [0.25, 0.3) is 10.9 Å². The normalized spacial score (nSPS) is 22.2. The lowest BCUT2D eigenvalue weighted by Crippen LogP contribution is -2.52. The Morgan fingerprint density at radius 1 is 1.35 bits per heavy atom. The number of hydrogen-bond acceptors (Lipinski definition) is 4. The number of urea groups is 1. The van der Waals surface area contributed by atoms with Crippen LogP contribution in [-0.4, -0.2) is 53.3 Å². The molecule has 3 heterocycles. The predicted molar refractivity (Wildman–Crippen MR) is 76.6 cm³/mol. The average Bonchev–Trinajstić information content (AvgIpc) is 3.04. The van der Waals surface area contributed by atoms with E-state index in [1.807, 2.05) is 17.0 Å². The molecule has 1 aromatic carbocycles. The highest BCUT2D eigenvalue weighted by Gasteiger charge is 2.35. The van der Waals surface area contributed by atoms with Crippen LogP contribution >= 0.6 is 0 Å². The molecule has 0 aliphatic carbocycles. The molecular weight excluding hydrogens is 256 g/mol. The van der Waals surface area contributed by atoms with E-state index in [9.17, 15) is 4.79 Å². The molecule has 2 aliphatic rings. The fraction of sp³-hybridized carbons (Fsp3) is 0.385. The molecule has 0 bridgehead atoms. The number of anilines is 2. The summed E-state index contributed by atoms with van der Waals surface area (Å²) in [4.78, 5) is 15.8. The van der Waals surface area contributed by atoms with Crippen molar-refractivity contribution in [3.63, 3.8) is 0 Å². The molecule has 2 aliphatic heterocycles. The highest BCUT2D eigenvalue weighted by molar-refractivity contribution is 5.89. The number of nitrogen functional groups attached to an aromatic ring is 1. The molecule has 1 unspecified atom stereocenters. The first kappa shape index (κ1) is 11.4. The van der Waals surface area contributed by atoms with Gasteiger partial charge >= 0.3 is 6.03 Å². The van der Waals surface area contributed by atoms with Crippen LogP contribution < -0.4 is 16.0 Å². The zero-order chi connectivity index (χ0) is 13.7. The third-order valence-corrected chi connectivity index (χ3v) is 4.16. The molecule has 4 rings (SSSR count). The van der Waals surface area contributed by atoms with Gasteiger partial charge in [-0.05, 0) is 12.1 Å². The predicted octanol–water partition coefficient (Wildman–Crippen LogP) is 0.359. The Hall–Kier alpha value is -2.44. The molecule has 0 spiro atoms. The van der Waals surface area contributed by atoms with Crippen LogP contribution in [0, 0.1) is 0 Å². The molecule has 1 atom stereocenters. The number of amides is 2. The summed E-state index contributed by atoms with van der Waals surface area (Å²) in [6.45, 7) is 3.05. The van der Waals surface area contributed by atoms with Crippen molar-refractivity contribution < 1.29 is 4.79 Å². The van der Waals surface area contributed by atoms with Crippen molar-refractivity contribution in [1.29, 1.82) is 0 Å². The summed E-state index contributed by atoms with van der Waals surface area (Å²) < 4.78 is 0. The molecule has 104 valence electrons. The van der Waals surface area contributed by atoms with Gasteiger partial charge in [0.1, 0.15) is 0 Å². The van der Waals surface area contributed by atoms with E-state index in [1.165, 1.54) is 0 Å². The van der Waals surface area contributed by atoms with Crippen molar-refractivity contribution in [2.24, 2.45) is 0 Å². The van der Waals surface area contributed by atoms with Crippen molar-refractivity contribution >= 4 is 28.3 Å². The summed E-state index contributed by atoms with van der Waals surface area (Å²) in [6, 6.07) is 4.26. The highest BCUT2D eigenvalue weighted by atomic mass is 16.2. The Kier molecular flexibility index (Phi) is 2.29. The van der Waals surface area contributed by atoms with Crippen molar-refractivity contribution in [2.45, 2.75) is 6.04 Å². The van der Waals surface area contributed by atoms with Crippen molar-refractivity contribution in [3.05, 3.63) is 18.3 Å². The van der Waals surface area contributed by atoms with Gasteiger partial charge in [-0.25, -0.2) is 4.79 Å². The van der Waals surface area contributed by atoms with E-state index < -0.39 is 0 Å². The standard InChI is InChI=1S/C13H16N6O/c14-10-3-8-5-16-17-11(8)4-12(10)18-1-2-19-9(7-18)6-15-13(19)20/h3-5,9H,1-2,6-7,14H2,(H,15,20)(H,16,17). The Morgan fingerprint density at radius 3 is 3.15 bits per heavy atom. The maximum atomic E-state index is 11.6. The second-order valence-electron chi connectivity index (χ2n) is 5.35. The molecule has 0 saturated carbocycles. The maximum Gasteiger partial charge on any atom is 0.317 e. The maximum absolute atomic E-state index is 11.6. The average molecular weight is 272 g/mol. The van der Waals surface area contributed by atoms with Gasteiger partial charge in [0.15, 0.2) is 0 Å². The summed E-state index contributed by atoms with van der Waals surface area (Å²) in [5, 5.41) is 10.9. The Labute approximate surface area is 115 Å². The second kappa shape index (κ2) is 4.03. The lowest BCUT2D eigenvalue weighted by Gasteiger charge is -2.38. The molecule has 4 N–H and O–H groups in total. The Balaban J connectivity index is 1.66. The lowest BCUT2D eigenvalue weighted by atomic mass is 10.1. The van der Waals surface area contributed by atoms with Crippen LogP contribution in [0.15, 0.2) is 18.3 Å². The fourth-order valence-corrected chi connectivity index (χ4v) is 3.09. The number of carbonyl (C=O) groups excluding carboxylic acids is 1. The van der Waals surface area contributed by atoms with Crippen LogP contribution in [0.3, 0.4) is 0 Å². The zero-order valence-electron chi connectivity index (χ0n) is 11.0. The van der Waals surface area contributed by atoms with E-state index in [2.05, 4.69) is 20.4 Å². The van der Waals surface area contributed by atoms with E-state index >= 15 is 0 Å². The number of carbonyl (C=O) groups is 1. The van der Waals surface area contributed by atoms with Gasteiger partial charge in [-0.1, -0.05) is 0 Å². The summed E-state index contributed by atoms with van der Waals surface area (Å²) >= 11 is 0. The Bertz CT molecular complexity index is 681. The van der Waals surface area contributed by atoms with Gasteiger partial charge in [-0.15, -0.1) is 0 Å². The van der Waals surface area contributed by atoms with E-state index in [0.717, 1.165) is 41.9 Å². The molecule has 2 saturated heterocycles. The summed E-state index contributed by atoms with van der Waals surface area (Å²) in [6.07, 6.45) is 1.77. The van der Waals surface area contributed by atoms with Crippen LogP contribution in [-0.2, 0) is 0 Å². The minimum absolute atomic E-state index is 0.0478. The number of nitrogens with two attached hydrogens (primary N) is 1. The van der Waals surface area contributed by atoms with Crippen molar-refractivity contribution in [1.82, 2.24) is 20.4 Å². The van der Waals surface area contributed by atoms with Gasteiger partial charge in [0.25, 0.3) is 0 Å². The first-order valence-electron chi connectivity index (χ1n) is 6.74. The van der Waals surface area contributed by atoms with E-state index in [-0.39, 0.29) is 12.1 Å². The molecule has 20 heavy (non-hydrogen) atoms. The first-order chi connectivity index (χ1) is 9.72. The molecule has 7 nitrogen and oxygen atoms in total. The fourth-order valence-electron chi connectivity index (χ4n) is 3.09. The third kappa shape index (κ3) is 1.59. The number of aromatic nitrogens is 2. The van der Waals surface area contributed by atoms with Crippen LogP contribution in [0.1, 0.15) is 0 Å². The minimum atomic E-state index is 0.0478. The molecule has 1 aromatic heterocycles. The number of benzene rings is 1. The first-order valence-corrected chi connectivity index (χ1v) is 6.74. The number of hydrogen-bond donors (Lipinski definition) is 3. The summed E-state index contributed by atoms with van der Waals surface area (Å²) in [7, 11) is 0. The third-order valence-electron chi connectivity index (χ3n) is 4.16. The minimum Gasteiger partial charge on any atom is -0.397 e. The molecular formula is C13H16N6O. The van der Waals surface area contributed by atoms with Gasteiger partial charge in [-0.3, -0.25) is 5.10 Å². The summed E-state index contributed by atoms with van der Waals surface area (Å²) in [5.74, 6) is 0. The van der Waals surface area contributed by atoms with Crippen molar-refractivity contribution in [2.75, 3.05) is 36.8 Å². The molecule has 2 amide bonds. The topological polar surface area (TPSA) is 90.3 Å². The number of nitrogens with zero attached hydrogens (tertiary/aromatic N) is 3. The molecule has 0 radical (unpaired) electrons. The number of fused-ring (bicyclic) bond motifs is 2. The number of rotatable bonds is 1. The van der Waals surface area contributed by atoms with Gasteiger partial charge < -0.3 is 20.9 Å². The second-order valence-corrected chi connectivity index (χ2v) is 5.35. The van der Waals surface area contributed by atoms with Crippen LogP contribution in [0.4, 0.5) is 16.2 Å².